The van der Waals surface area contributed by atoms with Crippen molar-refractivity contribution in [3.63, 3.8) is 0 Å². The van der Waals surface area contributed by atoms with Gasteiger partial charge in [0.1, 0.15) is 0 Å². The fraction of sp³-hybridized carbons (Fsp3) is 0.467. The number of nitrogens with two attached hydrogens (primary N) is 1. The second-order valence-corrected chi connectivity index (χ2v) is 5.13. The van der Waals surface area contributed by atoms with Crippen LogP contribution >= 0.6 is 0 Å². The van der Waals surface area contributed by atoms with E-state index >= 15 is 0 Å². The number of carbonyl (C=O) groups is 1. The molecule has 5 nitrogen and oxygen atoms in total. The van der Waals surface area contributed by atoms with Gasteiger partial charge in [0, 0.05) is 24.2 Å². The molecule has 0 saturated carbocycles. The number of hydrogen-bond acceptors (Lipinski definition) is 3. The molecule has 0 spiro atoms. The van der Waals surface area contributed by atoms with Crippen molar-refractivity contribution < 1.29 is 10.0 Å². The topological polar surface area (TPSA) is 78.9 Å². The molecule has 0 aliphatic carbocycles. The fourth-order valence-corrected chi connectivity index (χ4v) is 2.50. The Hall–Kier alpha value is -2.04. The molecule has 0 unspecified atom stereocenters. The summed E-state index contributed by atoms with van der Waals surface area (Å²) >= 11 is 0. The number of amidine groups is 1. The summed E-state index contributed by atoms with van der Waals surface area (Å²) in [6.45, 7) is 1.62. The predicted octanol–water partition coefficient (Wildman–Crippen LogP) is 2.19. The predicted molar refractivity (Wildman–Crippen MR) is 77.9 cm³/mol. The number of likely N-dealkylation sites (tertiary alicyclic amines) is 1. The maximum Gasteiger partial charge on any atom is 0.253 e. The fourth-order valence-electron chi connectivity index (χ4n) is 2.50. The summed E-state index contributed by atoms with van der Waals surface area (Å²) in [5.41, 5.74) is 6.72. The van der Waals surface area contributed by atoms with Crippen molar-refractivity contribution in [2.75, 3.05) is 13.1 Å². The zero-order valence-corrected chi connectivity index (χ0v) is 11.6. The molecule has 1 amide bonds. The lowest BCUT2D eigenvalue weighted by molar-refractivity contribution is 0.0742. The number of amides is 1. The second-order valence-electron chi connectivity index (χ2n) is 5.13. The number of rotatable bonds is 2. The van der Waals surface area contributed by atoms with Crippen molar-refractivity contribution in [1.29, 1.82) is 0 Å². The highest BCUT2D eigenvalue weighted by atomic mass is 16.4. The number of oxime groups is 1. The summed E-state index contributed by atoms with van der Waals surface area (Å²) < 4.78 is 0. The largest absolute Gasteiger partial charge is 0.409 e. The van der Waals surface area contributed by atoms with E-state index < -0.39 is 0 Å². The molecule has 0 atom stereocenters. The Morgan fingerprint density at radius 1 is 1.10 bits per heavy atom. The van der Waals surface area contributed by atoms with Gasteiger partial charge in [0.2, 0.25) is 0 Å². The molecule has 20 heavy (non-hydrogen) atoms. The van der Waals surface area contributed by atoms with Crippen LogP contribution in [-0.4, -0.2) is 34.9 Å². The van der Waals surface area contributed by atoms with Crippen LogP contribution in [0.2, 0.25) is 0 Å². The van der Waals surface area contributed by atoms with Gasteiger partial charge in [0.15, 0.2) is 5.84 Å². The molecule has 1 aromatic rings. The molecule has 2 rings (SSSR count). The first-order valence-corrected chi connectivity index (χ1v) is 7.09. The molecule has 3 N–H and O–H groups in total. The zero-order valence-electron chi connectivity index (χ0n) is 11.6. The molecule has 1 aliphatic rings. The number of hydrogen-bond donors (Lipinski definition) is 2. The van der Waals surface area contributed by atoms with Crippen LogP contribution in [0.25, 0.3) is 0 Å². The maximum absolute atomic E-state index is 12.5. The Balaban J connectivity index is 2.15. The summed E-state index contributed by atoms with van der Waals surface area (Å²) in [4.78, 5) is 14.4. The van der Waals surface area contributed by atoms with Crippen LogP contribution in [0.15, 0.2) is 29.4 Å². The minimum atomic E-state index is 0.0207. The molecule has 1 fully saturated rings. The molecule has 1 saturated heterocycles. The first-order valence-electron chi connectivity index (χ1n) is 7.09. The summed E-state index contributed by atoms with van der Waals surface area (Å²) in [5.74, 6) is 0.0480. The lowest BCUT2D eigenvalue weighted by atomic mass is 10.1. The highest BCUT2D eigenvalue weighted by Gasteiger charge is 2.17. The highest BCUT2D eigenvalue weighted by molar-refractivity contribution is 6.01. The van der Waals surface area contributed by atoms with Gasteiger partial charge in [-0.25, -0.2) is 0 Å². The van der Waals surface area contributed by atoms with Crippen LogP contribution in [0.4, 0.5) is 0 Å². The van der Waals surface area contributed by atoms with Gasteiger partial charge in [-0.05, 0) is 25.0 Å². The minimum absolute atomic E-state index is 0.0207. The third kappa shape index (κ3) is 3.50. The van der Waals surface area contributed by atoms with Crippen molar-refractivity contribution >= 4 is 11.7 Å². The number of nitrogens with zero attached hydrogens (tertiary/aromatic N) is 2. The molecule has 5 heteroatoms. The van der Waals surface area contributed by atoms with E-state index in [0.717, 1.165) is 25.9 Å². The van der Waals surface area contributed by atoms with E-state index in [0.29, 0.717) is 11.1 Å². The van der Waals surface area contributed by atoms with Gasteiger partial charge < -0.3 is 15.8 Å². The van der Waals surface area contributed by atoms with E-state index in [-0.39, 0.29) is 11.7 Å². The molecular formula is C15H21N3O2. The third-order valence-corrected chi connectivity index (χ3v) is 3.66. The van der Waals surface area contributed by atoms with Crippen molar-refractivity contribution in [3.8, 4) is 0 Å². The summed E-state index contributed by atoms with van der Waals surface area (Å²) in [6.07, 6.45) is 5.76. The van der Waals surface area contributed by atoms with Crippen LogP contribution in [0.1, 0.15) is 48.0 Å². The van der Waals surface area contributed by atoms with Gasteiger partial charge in [-0.2, -0.15) is 0 Å². The van der Waals surface area contributed by atoms with Gasteiger partial charge in [-0.1, -0.05) is 36.6 Å². The van der Waals surface area contributed by atoms with Crippen molar-refractivity contribution in [2.45, 2.75) is 32.1 Å². The van der Waals surface area contributed by atoms with Gasteiger partial charge in [-0.15, -0.1) is 0 Å². The lowest BCUT2D eigenvalue weighted by Crippen LogP contribution is -2.34. The van der Waals surface area contributed by atoms with E-state index in [4.69, 9.17) is 10.9 Å². The summed E-state index contributed by atoms with van der Waals surface area (Å²) in [5, 5.41) is 11.7. The second kappa shape index (κ2) is 6.93. The molecular weight excluding hydrogens is 254 g/mol. The lowest BCUT2D eigenvalue weighted by Gasteiger charge is -2.25. The third-order valence-electron chi connectivity index (χ3n) is 3.66. The normalized spacial score (nSPS) is 17.4. The quantitative estimate of drug-likeness (QED) is 0.376. The standard InChI is InChI=1S/C15H21N3O2/c16-14(17-20)12-7-6-8-13(11-12)15(19)18-9-4-2-1-3-5-10-18/h6-8,11,20H,1-5,9-10H2,(H2,16,17). The van der Waals surface area contributed by atoms with Crippen molar-refractivity contribution in [2.24, 2.45) is 10.9 Å². The van der Waals surface area contributed by atoms with E-state index in [1.165, 1.54) is 19.3 Å². The smallest absolute Gasteiger partial charge is 0.253 e. The van der Waals surface area contributed by atoms with Crippen molar-refractivity contribution in [1.82, 2.24) is 4.90 Å². The monoisotopic (exact) mass is 275 g/mol. The van der Waals surface area contributed by atoms with E-state index in [1.807, 2.05) is 4.90 Å². The van der Waals surface area contributed by atoms with Crippen LogP contribution in [-0.2, 0) is 0 Å². The van der Waals surface area contributed by atoms with Crippen molar-refractivity contribution in [3.05, 3.63) is 35.4 Å². The zero-order chi connectivity index (χ0) is 14.4. The van der Waals surface area contributed by atoms with E-state index in [2.05, 4.69) is 5.16 Å². The minimum Gasteiger partial charge on any atom is -0.409 e. The Morgan fingerprint density at radius 2 is 1.70 bits per heavy atom. The van der Waals surface area contributed by atoms with Crippen LogP contribution in [0, 0.1) is 0 Å². The van der Waals surface area contributed by atoms with E-state index in [1.54, 1.807) is 24.3 Å². The number of benzene rings is 1. The molecule has 1 aliphatic heterocycles. The summed E-state index contributed by atoms with van der Waals surface area (Å²) in [6, 6.07) is 6.93. The van der Waals surface area contributed by atoms with Crippen LogP contribution < -0.4 is 5.73 Å². The Bertz CT molecular complexity index is 492. The summed E-state index contributed by atoms with van der Waals surface area (Å²) in [7, 11) is 0. The Labute approximate surface area is 119 Å². The Morgan fingerprint density at radius 3 is 2.35 bits per heavy atom. The number of carbonyl (C=O) groups excluding carboxylic acids is 1. The van der Waals surface area contributed by atoms with Crippen LogP contribution in [0.5, 0.6) is 0 Å². The van der Waals surface area contributed by atoms with Crippen LogP contribution in [0.3, 0.4) is 0 Å². The molecule has 0 aromatic heterocycles. The molecule has 1 aromatic carbocycles. The van der Waals surface area contributed by atoms with Gasteiger partial charge >= 0.3 is 0 Å². The van der Waals surface area contributed by atoms with E-state index in [9.17, 15) is 4.79 Å². The Kier molecular flexibility index (Phi) is 4.98. The van der Waals surface area contributed by atoms with Gasteiger partial charge in [-0.3, -0.25) is 4.79 Å². The van der Waals surface area contributed by atoms with Gasteiger partial charge in [0.05, 0.1) is 0 Å². The first-order chi connectivity index (χ1) is 9.72. The average Bonchev–Trinajstić information content (AvgIpc) is 2.45. The maximum atomic E-state index is 12.5. The average molecular weight is 275 g/mol. The molecule has 0 bridgehead atoms. The highest BCUT2D eigenvalue weighted by Crippen LogP contribution is 2.14. The SMILES string of the molecule is N/C(=N\O)c1cccc(C(=O)N2CCCCCCC2)c1. The molecule has 0 radical (unpaired) electrons. The first kappa shape index (κ1) is 14.4. The molecule has 108 valence electrons. The van der Waals surface area contributed by atoms with Gasteiger partial charge in [0.25, 0.3) is 5.91 Å². The molecule has 1 heterocycles.